The fourth-order valence-electron chi connectivity index (χ4n) is 2.42. The quantitative estimate of drug-likeness (QED) is 0.460. The van der Waals surface area contributed by atoms with E-state index in [0.29, 0.717) is 19.1 Å². The molecule has 0 bridgehead atoms. The van der Waals surface area contributed by atoms with Crippen molar-refractivity contribution in [1.29, 1.82) is 0 Å². The lowest BCUT2D eigenvalue weighted by Crippen LogP contribution is -2.19. The van der Waals surface area contributed by atoms with E-state index in [1.807, 2.05) is 50.2 Å². The summed E-state index contributed by atoms with van der Waals surface area (Å²) in [6, 6.07) is 16.3. The summed E-state index contributed by atoms with van der Waals surface area (Å²) in [5, 5.41) is 0. The maximum absolute atomic E-state index is 5.78. The van der Waals surface area contributed by atoms with Gasteiger partial charge in [0.25, 0.3) is 0 Å². The lowest BCUT2D eigenvalue weighted by atomic mass is 9.99. The van der Waals surface area contributed by atoms with Gasteiger partial charge in [0.2, 0.25) is 0 Å². The first-order valence-electron chi connectivity index (χ1n) is 8.66. The molecule has 3 nitrogen and oxygen atoms in total. The number of rotatable bonds is 9. The first-order valence-corrected chi connectivity index (χ1v) is 8.66. The lowest BCUT2D eigenvalue weighted by molar-refractivity contribution is -0.0739. The van der Waals surface area contributed by atoms with Gasteiger partial charge >= 0.3 is 0 Å². The van der Waals surface area contributed by atoms with E-state index in [0.717, 1.165) is 17.9 Å². The van der Waals surface area contributed by atoms with Gasteiger partial charge in [0.15, 0.2) is 6.29 Å². The summed E-state index contributed by atoms with van der Waals surface area (Å²) >= 11 is 0. The van der Waals surface area contributed by atoms with E-state index in [9.17, 15) is 0 Å². The molecule has 0 saturated heterocycles. The third kappa shape index (κ3) is 5.89. The Morgan fingerprint density at radius 3 is 2.33 bits per heavy atom. The molecule has 2 rings (SSSR count). The van der Waals surface area contributed by atoms with Crippen molar-refractivity contribution >= 4 is 0 Å². The van der Waals surface area contributed by atoms with Gasteiger partial charge in [0, 0.05) is 0 Å². The van der Waals surface area contributed by atoms with Gasteiger partial charge in [-0.25, -0.2) is 0 Å². The van der Waals surface area contributed by atoms with Crippen LogP contribution in [0.4, 0.5) is 0 Å². The highest BCUT2D eigenvalue weighted by Crippen LogP contribution is 2.22. The van der Waals surface area contributed by atoms with Crippen LogP contribution in [0.2, 0.25) is 0 Å². The number of hydrogen-bond acceptors (Lipinski definition) is 3. The Morgan fingerprint density at radius 2 is 1.67 bits per heavy atom. The summed E-state index contributed by atoms with van der Waals surface area (Å²) in [4.78, 5) is 0. The molecule has 0 saturated carbocycles. The fraction of sp³-hybridized carbons (Fsp3) is 0.429. The molecule has 0 aliphatic carbocycles. The second-order valence-electron chi connectivity index (χ2n) is 6.10. The number of benzene rings is 2. The van der Waals surface area contributed by atoms with Crippen LogP contribution < -0.4 is 9.47 Å². The standard InChI is InChI=1S/C21H28O3/c1-5-17(3)19-9-11-20(12-10-19)24-18(4)22-13-14-23-21-8-6-7-16(2)15-21/h6-12,15,17-18H,5,13-14H2,1-4H3. The average Bonchev–Trinajstić information content (AvgIpc) is 2.59. The van der Waals surface area contributed by atoms with Gasteiger partial charge in [0.05, 0.1) is 6.61 Å². The Balaban J connectivity index is 1.70. The molecule has 2 aromatic rings. The third-order valence-electron chi connectivity index (χ3n) is 4.06. The van der Waals surface area contributed by atoms with Crippen LogP contribution in [0.1, 0.15) is 44.2 Å². The number of hydrogen-bond donors (Lipinski definition) is 0. The molecule has 0 aliphatic rings. The van der Waals surface area contributed by atoms with Crippen molar-refractivity contribution in [3.63, 3.8) is 0 Å². The Hall–Kier alpha value is -2.00. The molecular formula is C21H28O3. The molecule has 0 aliphatic heterocycles. The van der Waals surface area contributed by atoms with Crippen LogP contribution in [0.5, 0.6) is 11.5 Å². The van der Waals surface area contributed by atoms with E-state index in [4.69, 9.17) is 14.2 Å². The molecule has 0 aromatic heterocycles. The highest BCUT2D eigenvalue weighted by atomic mass is 16.7. The molecule has 2 unspecified atom stereocenters. The predicted molar refractivity (Wildman–Crippen MR) is 97.9 cm³/mol. The first kappa shape index (κ1) is 18.3. The smallest absolute Gasteiger partial charge is 0.197 e. The largest absolute Gasteiger partial charge is 0.491 e. The monoisotopic (exact) mass is 328 g/mol. The van der Waals surface area contributed by atoms with Crippen LogP contribution in [-0.4, -0.2) is 19.5 Å². The highest BCUT2D eigenvalue weighted by molar-refractivity contribution is 5.29. The molecule has 0 spiro atoms. The first-order chi connectivity index (χ1) is 11.6. The molecule has 0 radical (unpaired) electrons. The average molecular weight is 328 g/mol. The molecule has 2 aromatic carbocycles. The SMILES string of the molecule is CCC(C)c1ccc(OC(C)OCCOc2cccc(C)c2)cc1. The zero-order valence-electron chi connectivity index (χ0n) is 15.1. The van der Waals surface area contributed by atoms with E-state index in [2.05, 4.69) is 26.0 Å². The van der Waals surface area contributed by atoms with Crippen molar-refractivity contribution < 1.29 is 14.2 Å². The second-order valence-corrected chi connectivity index (χ2v) is 6.10. The highest BCUT2D eigenvalue weighted by Gasteiger charge is 2.06. The van der Waals surface area contributed by atoms with E-state index in [1.165, 1.54) is 11.1 Å². The summed E-state index contributed by atoms with van der Waals surface area (Å²) in [7, 11) is 0. The van der Waals surface area contributed by atoms with Crippen molar-refractivity contribution in [1.82, 2.24) is 0 Å². The summed E-state index contributed by atoms with van der Waals surface area (Å²) in [6.45, 7) is 9.37. The Morgan fingerprint density at radius 1 is 0.917 bits per heavy atom. The minimum Gasteiger partial charge on any atom is -0.491 e. The van der Waals surface area contributed by atoms with Crippen LogP contribution in [0.15, 0.2) is 48.5 Å². The van der Waals surface area contributed by atoms with Crippen molar-refractivity contribution in [3.05, 3.63) is 59.7 Å². The van der Waals surface area contributed by atoms with Crippen molar-refractivity contribution in [2.75, 3.05) is 13.2 Å². The molecule has 2 atom stereocenters. The molecular weight excluding hydrogens is 300 g/mol. The molecule has 0 amide bonds. The summed E-state index contributed by atoms with van der Waals surface area (Å²) in [5.74, 6) is 2.27. The maximum Gasteiger partial charge on any atom is 0.197 e. The number of ether oxygens (including phenoxy) is 3. The summed E-state index contributed by atoms with van der Waals surface area (Å²) in [6.07, 6.45) is 0.835. The third-order valence-corrected chi connectivity index (χ3v) is 4.06. The zero-order valence-corrected chi connectivity index (χ0v) is 15.1. The van der Waals surface area contributed by atoms with Crippen LogP contribution >= 0.6 is 0 Å². The van der Waals surface area contributed by atoms with Gasteiger partial charge in [-0.2, -0.15) is 0 Å². The zero-order chi connectivity index (χ0) is 17.4. The molecule has 0 N–H and O–H groups in total. The molecule has 3 heteroatoms. The van der Waals surface area contributed by atoms with Crippen LogP contribution in [0.25, 0.3) is 0 Å². The van der Waals surface area contributed by atoms with E-state index >= 15 is 0 Å². The summed E-state index contributed by atoms with van der Waals surface area (Å²) < 4.78 is 17.1. The molecule has 24 heavy (non-hydrogen) atoms. The lowest BCUT2D eigenvalue weighted by Gasteiger charge is -2.16. The van der Waals surface area contributed by atoms with Crippen LogP contribution in [-0.2, 0) is 4.74 Å². The Kier molecular flexibility index (Phi) is 7.13. The van der Waals surface area contributed by atoms with Gasteiger partial charge in [-0.05, 0) is 61.6 Å². The van der Waals surface area contributed by atoms with Crippen molar-refractivity contribution in [2.24, 2.45) is 0 Å². The van der Waals surface area contributed by atoms with Crippen LogP contribution in [0.3, 0.4) is 0 Å². The fourth-order valence-corrected chi connectivity index (χ4v) is 2.42. The van der Waals surface area contributed by atoms with Gasteiger partial charge in [-0.15, -0.1) is 0 Å². The predicted octanol–water partition coefficient (Wildman–Crippen LogP) is 5.33. The second kappa shape index (κ2) is 9.33. The van der Waals surface area contributed by atoms with Gasteiger partial charge in [0.1, 0.15) is 18.1 Å². The minimum atomic E-state index is -0.305. The van der Waals surface area contributed by atoms with Gasteiger partial charge in [-0.1, -0.05) is 38.1 Å². The van der Waals surface area contributed by atoms with E-state index in [-0.39, 0.29) is 6.29 Å². The van der Waals surface area contributed by atoms with Gasteiger partial charge < -0.3 is 14.2 Å². The topological polar surface area (TPSA) is 27.7 Å². The van der Waals surface area contributed by atoms with Crippen molar-refractivity contribution in [3.8, 4) is 11.5 Å². The molecule has 0 heterocycles. The summed E-state index contributed by atoms with van der Waals surface area (Å²) in [5.41, 5.74) is 2.52. The van der Waals surface area contributed by atoms with Crippen LogP contribution in [0, 0.1) is 6.92 Å². The minimum absolute atomic E-state index is 0.305. The molecule has 130 valence electrons. The normalized spacial score (nSPS) is 13.3. The Labute approximate surface area is 145 Å². The van der Waals surface area contributed by atoms with Gasteiger partial charge in [-0.3, -0.25) is 0 Å². The van der Waals surface area contributed by atoms with E-state index < -0.39 is 0 Å². The van der Waals surface area contributed by atoms with E-state index in [1.54, 1.807) is 0 Å². The number of aryl methyl sites for hydroxylation is 1. The molecule has 0 fully saturated rings. The van der Waals surface area contributed by atoms with Crippen molar-refractivity contribution in [2.45, 2.75) is 46.3 Å². The Bertz CT molecular complexity index is 607. The maximum atomic E-state index is 5.78.